The average Bonchev–Trinajstić information content (AvgIpc) is 3.18. The Hall–Kier alpha value is -0.956. The van der Waals surface area contributed by atoms with Crippen molar-refractivity contribution in [2.45, 2.75) is 102 Å². The third-order valence-electron chi connectivity index (χ3n) is 8.61. The van der Waals surface area contributed by atoms with Gasteiger partial charge in [-0.05, 0) is 72.7 Å². The summed E-state index contributed by atoms with van der Waals surface area (Å²) in [6, 6.07) is 10.3. The normalized spacial score (nSPS) is 29.7. The van der Waals surface area contributed by atoms with Crippen molar-refractivity contribution in [1.29, 1.82) is 0 Å². The van der Waals surface area contributed by atoms with Gasteiger partial charge in [-0.3, -0.25) is 0 Å². The first kappa shape index (κ1) is 32.6. The Bertz CT molecular complexity index is 1120. The maximum absolute atomic E-state index is 7.30. The molecule has 6 heteroatoms. The van der Waals surface area contributed by atoms with Gasteiger partial charge in [-0.2, -0.15) is 0 Å². The molecule has 2 aliphatic heterocycles. The van der Waals surface area contributed by atoms with E-state index in [9.17, 15) is 0 Å². The fraction of sp³-hybridized carbons (Fsp3) is 0.576. The van der Waals surface area contributed by atoms with E-state index in [0.717, 1.165) is 18.4 Å². The Labute approximate surface area is 254 Å². The molecular weight excluding hydrogens is 627 g/mol. The maximum atomic E-state index is 7.30. The molecule has 3 rings (SSSR count). The number of hydrogen-bond acceptors (Lipinski definition) is 3. The van der Waals surface area contributed by atoms with Gasteiger partial charge in [-0.1, -0.05) is 105 Å². The SMILES string of the molecule is C=CC[C@H]1[C@@]2([C@H](C)C/C=C\I)C=C[C@@](CO[Si](C)(C)C(C)(C)C)(C[C@@]1(C#Cc1ccccc1)O[Si](C)(C)C)O2. The molecule has 0 unspecified atom stereocenters. The fourth-order valence-corrected chi connectivity index (χ4v) is 8.35. The Kier molecular flexibility index (Phi) is 10.1. The summed E-state index contributed by atoms with van der Waals surface area (Å²) in [7, 11) is -4.05. The van der Waals surface area contributed by atoms with E-state index >= 15 is 0 Å². The lowest BCUT2D eigenvalue weighted by molar-refractivity contribution is -0.235. The van der Waals surface area contributed by atoms with Crippen LogP contribution in [-0.2, 0) is 13.6 Å². The molecule has 0 spiro atoms. The predicted octanol–water partition coefficient (Wildman–Crippen LogP) is 9.29. The second-order valence-electron chi connectivity index (χ2n) is 13.9. The summed E-state index contributed by atoms with van der Waals surface area (Å²) < 4.78 is 23.5. The van der Waals surface area contributed by atoms with E-state index in [1.165, 1.54) is 0 Å². The van der Waals surface area contributed by atoms with Crippen LogP contribution in [-0.4, -0.2) is 40.0 Å². The summed E-state index contributed by atoms with van der Waals surface area (Å²) in [5.74, 6) is 7.52. The van der Waals surface area contributed by atoms with Gasteiger partial charge < -0.3 is 13.6 Å². The molecule has 0 aromatic heterocycles. The van der Waals surface area contributed by atoms with E-state index in [4.69, 9.17) is 13.6 Å². The molecule has 1 aromatic carbocycles. The first-order valence-electron chi connectivity index (χ1n) is 14.2. The number of ether oxygens (including phenoxy) is 1. The quantitative estimate of drug-likeness (QED) is 0.107. The van der Waals surface area contributed by atoms with Crippen molar-refractivity contribution in [3.8, 4) is 11.8 Å². The van der Waals surface area contributed by atoms with Crippen molar-refractivity contribution in [2.24, 2.45) is 11.8 Å². The summed E-state index contributed by atoms with van der Waals surface area (Å²) in [6.45, 7) is 25.3. The molecular formula is C33H49IO3Si2. The van der Waals surface area contributed by atoms with Crippen molar-refractivity contribution >= 4 is 39.2 Å². The molecule has 1 aromatic rings. The van der Waals surface area contributed by atoms with Crippen LogP contribution in [0.3, 0.4) is 0 Å². The highest BCUT2D eigenvalue weighted by molar-refractivity contribution is 14.1. The van der Waals surface area contributed by atoms with E-state index in [1.807, 2.05) is 24.3 Å². The zero-order valence-corrected chi connectivity index (χ0v) is 29.7. The van der Waals surface area contributed by atoms with Crippen molar-refractivity contribution < 1.29 is 13.6 Å². The molecule has 0 N–H and O–H groups in total. The smallest absolute Gasteiger partial charge is 0.192 e. The Morgan fingerprint density at radius 3 is 2.38 bits per heavy atom. The molecule has 3 nitrogen and oxygen atoms in total. The predicted molar refractivity (Wildman–Crippen MR) is 179 cm³/mol. The second-order valence-corrected chi connectivity index (χ2v) is 23.8. The van der Waals surface area contributed by atoms with Gasteiger partial charge in [0.1, 0.15) is 11.2 Å². The van der Waals surface area contributed by atoms with Crippen LogP contribution in [0.4, 0.5) is 0 Å². The molecule has 1 saturated heterocycles. The Balaban J connectivity index is 2.21. The van der Waals surface area contributed by atoms with Crippen LogP contribution in [0.2, 0.25) is 37.8 Å². The maximum Gasteiger partial charge on any atom is 0.192 e. The van der Waals surface area contributed by atoms with Gasteiger partial charge in [0.15, 0.2) is 16.6 Å². The molecule has 2 bridgehead atoms. The molecule has 2 aliphatic rings. The highest BCUT2D eigenvalue weighted by Crippen LogP contribution is 2.58. The van der Waals surface area contributed by atoms with Crippen LogP contribution < -0.4 is 0 Å². The molecule has 2 heterocycles. The molecule has 5 atom stereocenters. The van der Waals surface area contributed by atoms with Crippen molar-refractivity contribution in [1.82, 2.24) is 0 Å². The van der Waals surface area contributed by atoms with Crippen LogP contribution in [0.5, 0.6) is 0 Å². The van der Waals surface area contributed by atoms with Gasteiger partial charge in [0, 0.05) is 17.9 Å². The van der Waals surface area contributed by atoms with E-state index in [2.05, 4.69) is 136 Å². The van der Waals surface area contributed by atoms with E-state index < -0.39 is 33.4 Å². The molecule has 0 amide bonds. The third-order valence-corrected chi connectivity index (χ3v) is 14.6. The number of rotatable bonds is 10. The minimum absolute atomic E-state index is 0.00259. The van der Waals surface area contributed by atoms with E-state index in [-0.39, 0.29) is 16.9 Å². The monoisotopic (exact) mass is 676 g/mol. The number of halogens is 1. The highest BCUT2D eigenvalue weighted by Gasteiger charge is 2.66. The second kappa shape index (κ2) is 12.1. The lowest BCUT2D eigenvalue weighted by Crippen LogP contribution is -2.66. The largest absolute Gasteiger partial charge is 0.414 e. The number of fused-ring (bicyclic) bond motifs is 2. The van der Waals surface area contributed by atoms with Gasteiger partial charge in [0.2, 0.25) is 0 Å². The molecule has 1 fully saturated rings. The van der Waals surface area contributed by atoms with Crippen molar-refractivity contribution in [2.75, 3.05) is 6.61 Å². The lowest BCUT2D eigenvalue weighted by atomic mass is 9.64. The van der Waals surface area contributed by atoms with Gasteiger partial charge >= 0.3 is 0 Å². The summed E-state index contributed by atoms with van der Waals surface area (Å²) in [5, 5.41) is 0.112. The summed E-state index contributed by atoms with van der Waals surface area (Å²) in [5.41, 5.74) is -0.831. The molecule has 39 heavy (non-hydrogen) atoms. The summed E-state index contributed by atoms with van der Waals surface area (Å²) >= 11 is 2.31. The van der Waals surface area contributed by atoms with Crippen molar-refractivity contribution in [3.05, 3.63) is 70.9 Å². The number of hydrogen-bond donors (Lipinski definition) is 0. The Morgan fingerprint density at radius 2 is 1.82 bits per heavy atom. The van der Waals surface area contributed by atoms with E-state index in [1.54, 1.807) is 0 Å². The molecule has 0 aliphatic carbocycles. The number of benzene rings is 1. The van der Waals surface area contributed by atoms with Gasteiger partial charge in [0.05, 0.1) is 12.2 Å². The topological polar surface area (TPSA) is 27.7 Å². The average molecular weight is 677 g/mol. The zero-order chi connectivity index (χ0) is 29.2. The standard InChI is InChI=1S/C33H49IO3Si2/c1-11-16-29-32(37-38(6,7)8,21-20-28-18-13-12-14-19-28)25-31(26-35-39(9,10)30(3,4)5)22-23-33(29,36-31)27(2)17-15-24-34/h11-15,18-19,22-24,27,29H,1,16-17,25-26H2,2-10H3/b24-15-/t27-,29-,31+,32-,33+/m1/s1. The highest BCUT2D eigenvalue weighted by atomic mass is 127. The zero-order valence-electron chi connectivity index (χ0n) is 25.6. The first-order valence-corrected chi connectivity index (χ1v) is 21.8. The summed E-state index contributed by atoms with van der Waals surface area (Å²) in [6.07, 6.45) is 11.2. The van der Waals surface area contributed by atoms with E-state index in [0.29, 0.717) is 13.0 Å². The van der Waals surface area contributed by atoms with Gasteiger partial charge in [0.25, 0.3) is 0 Å². The van der Waals surface area contributed by atoms with Crippen LogP contribution in [0.1, 0.15) is 52.5 Å². The van der Waals surface area contributed by atoms with Gasteiger partial charge in [-0.15, -0.1) is 6.58 Å². The molecule has 214 valence electrons. The minimum atomic E-state index is -2.04. The first-order chi connectivity index (χ1) is 18.0. The van der Waals surface area contributed by atoms with Crippen molar-refractivity contribution in [3.63, 3.8) is 0 Å². The minimum Gasteiger partial charge on any atom is -0.414 e. The lowest BCUT2D eigenvalue weighted by Gasteiger charge is -2.57. The van der Waals surface area contributed by atoms with Crippen LogP contribution in [0.15, 0.2) is 65.3 Å². The molecule has 0 saturated carbocycles. The summed E-state index contributed by atoms with van der Waals surface area (Å²) in [4.78, 5) is 0. The molecule has 0 radical (unpaired) electrons. The fourth-order valence-electron chi connectivity index (χ4n) is 5.66. The van der Waals surface area contributed by atoms with Crippen LogP contribution in [0, 0.1) is 23.7 Å². The van der Waals surface area contributed by atoms with Crippen LogP contribution >= 0.6 is 22.6 Å². The van der Waals surface area contributed by atoms with Crippen LogP contribution in [0.25, 0.3) is 0 Å². The Morgan fingerprint density at radius 1 is 1.15 bits per heavy atom. The number of allylic oxidation sites excluding steroid dienone is 2. The van der Waals surface area contributed by atoms with Gasteiger partial charge in [-0.25, -0.2) is 0 Å². The third kappa shape index (κ3) is 7.28.